The van der Waals surface area contributed by atoms with Gasteiger partial charge in [-0.05, 0) is 5.56 Å². The monoisotopic (exact) mass is 291 g/mol. The number of anilines is 2. The summed E-state index contributed by atoms with van der Waals surface area (Å²) in [6.07, 6.45) is 6.92. The Balaban J connectivity index is 1.56. The van der Waals surface area contributed by atoms with Crippen LogP contribution in [0.2, 0.25) is 0 Å². The maximum atomic E-state index is 4.36. The fourth-order valence-corrected chi connectivity index (χ4v) is 2.29. The Morgan fingerprint density at radius 3 is 2.91 bits per heavy atom. The number of nitrogens with one attached hydrogen (secondary N) is 2. The van der Waals surface area contributed by atoms with Crippen LogP contribution in [-0.2, 0) is 6.54 Å². The lowest BCUT2D eigenvalue weighted by Crippen LogP contribution is -1.99. The van der Waals surface area contributed by atoms with Crippen LogP contribution >= 0.6 is 0 Å². The molecule has 7 nitrogen and oxygen atoms in total. The first-order chi connectivity index (χ1) is 10.9. The molecule has 4 aromatic rings. The van der Waals surface area contributed by atoms with Gasteiger partial charge in [-0.1, -0.05) is 30.3 Å². The van der Waals surface area contributed by atoms with E-state index in [1.54, 1.807) is 12.4 Å². The van der Waals surface area contributed by atoms with Crippen LogP contribution in [0.4, 0.5) is 11.5 Å². The molecule has 2 N–H and O–H groups in total. The van der Waals surface area contributed by atoms with Gasteiger partial charge in [-0.2, -0.15) is 10.2 Å². The van der Waals surface area contributed by atoms with E-state index in [-0.39, 0.29) is 0 Å². The molecule has 0 unspecified atom stereocenters. The molecule has 0 bridgehead atoms. The summed E-state index contributed by atoms with van der Waals surface area (Å²) in [4.78, 5) is 8.36. The van der Waals surface area contributed by atoms with Crippen LogP contribution in [0.15, 0.2) is 55.2 Å². The van der Waals surface area contributed by atoms with Crippen molar-refractivity contribution in [3.63, 3.8) is 0 Å². The number of nitrogens with zero attached hydrogens (tertiary/aromatic N) is 5. The van der Waals surface area contributed by atoms with E-state index < -0.39 is 0 Å². The predicted octanol–water partition coefficient (Wildman–Crippen LogP) is 2.34. The summed E-state index contributed by atoms with van der Waals surface area (Å²) < 4.78 is 1.88. The first-order valence-electron chi connectivity index (χ1n) is 6.86. The van der Waals surface area contributed by atoms with Gasteiger partial charge in [0.05, 0.1) is 30.0 Å². The minimum absolute atomic E-state index is 0.703. The molecule has 0 atom stereocenters. The summed E-state index contributed by atoms with van der Waals surface area (Å²) in [6.45, 7) is 0.730. The molecule has 0 spiro atoms. The van der Waals surface area contributed by atoms with Crippen LogP contribution in [-0.4, -0.2) is 29.9 Å². The average Bonchev–Trinajstić information content (AvgIpc) is 3.18. The third-order valence-corrected chi connectivity index (χ3v) is 3.33. The molecule has 0 saturated heterocycles. The number of hydrogen-bond acceptors (Lipinski definition) is 5. The van der Waals surface area contributed by atoms with Gasteiger partial charge in [-0.3, -0.25) is 9.78 Å². The van der Waals surface area contributed by atoms with Gasteiger partial charge >= 0.3 is 0 Å². The molecule has 0 radical (unpaired) electrons. The summed E-state index contributed by atoms with van der Waals surface area (Å²) in [7, 11) is 0. The molecule has 0 fully saturated rings. The van der Waals surface area contributed by atoms with Crippen LogP contribution in [0.1, 0.15) is 5.56 Å². The molecule has 0 aliphatic rings. The van der Waals surface area contributed by atoms with Crippen molar-refractivity contribution in [2.45, 2.75) is 6.54 Å². The lowest BCUT2D eigenvalue weighted by molar-refractivity contribution is 0.687. The Labute approximate surface area is 126 Å². The third-order valence-electron chi connectivity index (χ3n) is 3.33. The largest absolute Gasteiger partial charge is 0.337 e. The van der Waals surface area contributed by atoms with Crippen molar-refractivity contribution in [1.29, 1.82) is 0 Å². The van der Waals surface area contributed by atoms with Crippen molar-refractivity contribution in [1.82, 2.24) is 29.9 Å². The summed E-state index contributed by atoms with van der Waals surface area (Å²) >= 11 is 0. The van der Waals surface area contributed by atoms with Crippen LogP contribution in [0.5, 0.6) is 0 Å². The number of benzene rings is 1. The standard InChI is InChI=1S/C15H13N7/c1-2-4-11(5-3-1)8-22-9-12(6-19-22)20-14-13-7-18-21-15(13)17-10-16-14/h1-7,9-10H,8H2,(H2,16,17,18,20,21). The van der Waals surface area contributed by atoms with E-state index in [0.717, 1.165) is 17.6 Å². The molecule has 0 aliphatic heterocycles. The quantitative estimate of drug-likeness (QED) is 0.603. The summed E-state index contributed by atoms with van der Waals surface area (Å²) in [5.41, 5.74) is 2.78. The Morgan fingerprint density at radius 2 is 2.00 bits per heavy atom. The second kappa shape index (κ2) is 5.28. The summed E-state index contributed by atoms with van der Waals surface area (Å²) in [6, 6.07) is 10.2. The number of aromatic amines is 1. The van der Waals surface area contributed by atoms with Gasteiger partial charge in [0.1, 0.15) is 12.1 Å². The number of hydrogen-bond donors (Lipinski definition) is 2. The molecular weight excluding hydrogens is 278 g/mol. The van der Waals surface area contributed by atoms with Gasteiger partial charge in [0, 0.05) is 6.20 Å². The van der Waals surface area contributed by atoms with E-state index in [1.165, 1.54) is 11.9 Å². The topological polar surface area (TPSA) is 84.3 Å². The van der Waals surface area contributed by atoms with Crippen molar-refractivity contribution in [3.05, 3.63) is 60.8 Å². The highest BCUT2D eigenvalue weighted by Crippen LogP contribution is 2.20. The zero-order valence-electron chi connectivity index (χ0n) is 11.6. The van der Waals surface area contributed by atoms with Crippen LogP contribution in [0.25, 0.3) is 11.0 Å². The normalized spacial score (nSPS) is 10.9. The predicted molar refractivity (Wildman–Crippen MR) is 82.7 cm³/mol. The Kier molecular flexibility index (Phi) is 3.01. The minimum Gasteiger partial charge on any atom is -0.337 e. The second-order valence-electron chi connectivity index (χ2n) is 4.89. The van der Waals surface area contributed by atoms with Crippen molar-refractivity contribution >= 4 is 22.5 Å². The lowest BCUT2D eigenvalue weighted by Gasteiger charge is -2.03. The van der Waals surface area contributed by atoms with E-state index in [9.17, 15) is 0 Å². The first kappa shape index (κ1) is 12.5. The maximum Gasteiger partial charge on any atom is 0.160 e. The second-order valence-corrected chi connectivity index (χ2v) is 4.89. The van der Waals surface area contributed by atoms with Crippen LogP contribution in [0, 0.1) is 0 Å². The van der Waals surface area contributed by atoms with Crippen molar-refractivity contribution in [3.8, 4) is 0 Å². The lowest BCUT2D eigenvalue weighted by atomic mass is 10.2. The fourth-order valence-electron chi connectivity index (χ4n) is 2.29. The van der Waals surface area contributed by atoms with Crippen LogP contribution in [0.3, 0.4) is 0 Å². The molecule has 0 saturated carbocycles. The molecule has 0 amide bonds. The molecule has 7 heteroatoms. The van der Waals surface area contributed by atoms with E-state index in [4.69, 9.17) is 0 Å². The van der Waals surface area contributed by atoms with Gasteiger partial charge in [0.2, 0.25) is 0 Å². The van der Waals surface area contributed by atoms with E-state index >= 15 is 0 Å². The van der Waals surface area contributed by atoms with Gasteiger partial charge in [-0.25, -0.2) is 9.97 Å². The molecule has 1 aromatic carbocycles. The van der Waals surface area contributed by atoms with Gasteiger partial charge < -0.3 is 5.32 Å². The molecule has 108 valence electrons. The van der Waals surface area contributed by atoms with E-state index in [2.05, 4.69) is 42.7 Å². The first-order valence-corrected chi connectivity index (χ1v) is 6.86. The fraction of sp³-hybridized carbons (Fsp3) is 0.0667. The number of aromatic nitrogens is 6. The average molecular weight is 291 g/mol. The van der Waals surface area contributed by atoms with E-state index in [1.807, 2.05) is 29.1 Å². The van der Waals surface area contributed by atoms with E-state index in [0.29, 0.717) is 11.5 Å². The highest BCUT2D eigenvalue weighted by Gasteiger charge is 2.07. The highest BCUT2D eigenvalue weighted by molar-refractivity contribution is 5.87. The smallest absolute Gasteiger partial charge is 0.160 e. The molecule has 3 heterocycles. The number of rotatable bonds is 4. The Morgan fingerprint density at radius 1 is 1.09 bits per heavy atom. The number of H-pyrrole nitrogens is 1. The Bertz CT molecular complexity index is 894. The molecular formula is C15H13N7. The summed E-state index contributed by atoms with van der Waals surface area (Å²) in [5, 5.41) is 15.3. The highest BCUT2D eigenvalue weighted by atomic mass is 15.3. The molecule has 3 aromatic heterocycles. The zero-order chi connectivity index (χ0) is 14.8. The third kappa shape index (κ3) is 2.39. The van der Waals surface area contributed by atoms with Gasteiger partial charge in [-0.15, -0.1) is 0 Å². The molecule has 4 rings (SSSR count). The van der Waals surface area contributed by atoms with Crippen molar-refractivity contribution in [2.75, 3.05) is 5.32 Å². The number of fused-ring (bicyclic) bond motifs is 1. The van der Waals surface area contributed by atoms with Gasteiger partial charge in [0.15, 0.2) is 5.65 Å². The minimum atomic E-state index is 0.703. The molecule has 22 heavy (non-hydrogen) atoms. The van der Waals surface area contributed by atoms with Gasteiger partial charge in [0.25, 0.3) is 0 Å². The van der Waals surface area contributed by atoms with Crippen molar-refractivity contribution in [2.24, 2.45) is 0 Å². The molecule has 0 aliphatic carbocycles. The summed E-state index contributed by atoms with van der Waals surface area (Å²) in [5.74, 6) is 0.706. The van der Waals surface area contributed by atoms with Crippen molar-refractivity contribution < 1.29 is 0 Å². The zero-order valence-corrected chi connectivity index (χ0v) is 11.6. The van der Waals surface area contributed by atoms with Crippen LogP contribution < -0.4 is 5.32 Å². The Hall–Kier alpha value is -3.22. The SMILES string of the molecule is c1ccc(Cn2cc(Nc3ncnc4[nH]ncc34)cn2)cc1. The maximum absolute atomic E-state index is 4.36.